The van der Waals surface area contributed by atoms with Gasteiger partial charge in [-0.15, -0.1) is 0 Å². The van der Waals surface area contributed by atoms with E-state index < -0.39 is 0 Å². The van der Waals surface area contributed by atoms with Crippen LogP contribution in [0.2, 0.25) is 0 Å². The predicted octanol–water partition coefficient (Wildman–Crippen LogP) is -0.0249. The molecule has 0 bridgehead atoms. The van der Waals surface area contributed by atoms with E-state index in [0.717, 1.165) is 0 Å². The summed E-state index contributed by atoms with van der Waals surface area (Å²) < 4.78 is 8.06. The molecule has 0 aliphatic carbocycles. The van der Waals surface area contributed by atoms with E-state index in [1.165, 1.54) is 0 Å². The zero-order chi connectivity index (χ0) is 4.00. The standard InChI is InChI=1S/CN.Mn.O/c1-2;;/q-1;;. The molecule has 0 unspecified atom stereocenters. The molecule has 0 atom stereocenters. The second-order valence-electron chi connectivity index (χ2n) is 0. The van der Waals surface area contributed by atoms with Gasteiger partial charge in [-0.05, 0) is 0 Å². The van der Waals surface area contributed by atoms with Crippen molar-refractivity contribution in [2.45, 2.75) is 0 Å². The zero-order valence-electron chi connectivity index (χ0n) is 1.73. The molecule has 0 heterocycles. The molecule has 0 rings (SSSR count). The van der Waals surface area contributed by atoms with Gasteiger partial charge in [0.2, 0.25) is 0 Å². The fourth-order valence-electron chi connectivity index (χ4n) is 0. The Labute approximate surface area is 32.4 Å². The normalized spacial score (nSPS) is 1.50. The van der Waals surface area contributed by atoms with E-state index in [1.54, 1.807) is 15.9 Å². The van der Waals surface area contributed by atoms with Crippen molar-refractivity contribution in [1.29, 1.82) is 5.26 Å². The molecule has 0 aliphatic rings. The summed E-state index contributed by atoms with van der Waals surface area (Å²) in [5, 5.41) is 6.25. The molecule has 4 heavy (non-hydrogen) atoms. The van der Waals surface area contributed by atoms with Crippen molar-refractivity contribution in [3.63, 3.8) is 0 Å². The van der Waals surface area contributed by atoms with E-state index in [-0.39, 0.29) is 0 Å². The van der Waals surface area contributed by atoms with Crippen LogP contribution in [0.25, 0.3) is 0 Å². The Morgan fingerprint density at radius 1 is 1.50 bits per heavy atom. The van der Waals surface area contributed by atoms with Crippen LogP contribution in [0.3, 0.4) is 0 Å². The maximum atomic E-state index is 8.06. The molecule has 2 nitrogen and oxygen atoms in total. The first-order valence-corrected chi connectivity index (χ1v) is 0.860. The molecule has 0 amide bonds. The van der Waals surface area contributed by atoms with Crippen molar-refractivity contribution in [2.24, 2.45) is 0 Å². The number of hydrogen-bond donors (Lipinski definition) is 0. The van der Waals surface area contributed by atoms with Crippen molar-refractivity contribution in [3.05, 3.63) is 6.57 Å². The first-order chi connectivity index (χ1) is 2.00. The predicted molar refractivity (Wildman–Crippen MR) is 5.65 cm³/mol. The molecular weight excluding hydrogens is 97.0 g/mol. The van der Waals surface area contributed by atoms with Gasteiger partial charge in [-0.25, -0.2) is 0 Å². The molecule has 3 heteroatoms. The monoisotopic (exact) mass is 96.9 g/mol. The average molecular weight is 97.0 g/mol. The summed E-state index contributed by atoms with van der Waals surface area (Å²) in [7, 11) is 0. The molecule has 0 N–H and O–H groups in total. The molecule has 0 spiro atoms. The summed E-state index contributed by atoms with van der Waals surface area (Å²) in [6.07, 6.45) is 0. The Kier molecular flexibility index (Phi) is 582. The fourth-order valence-corrected chi connectivity index (χ4v) is 0. The zero-order valence-corrected chi connectivity index (χ0v) is 2.91. The third kappa shape index (κ3) is 32.7. The molecular formula is CMnNO-. The van der Waals surface area contributed by atoms with Crippen LogP contribution < -0.4 is 0 Å². The Bertz CT molecular complexity index is 19.2. The molecule has 0 aromatic carbocycles. The van der Waals surface area contributed by atoms with Crippen molar-refractivity contribution < 1.29 is 19.8 Å². The SMILES string of the molecule is [C-]#N.[O]=[Mn]. The van der Waals surface area contributed by atoms with Crippen LogP contribution in [0.5, 0.6) is 0 Å². The Morgan fingerprint density at radius 3 is 1.50 bits per heavy atom. The van der Waals surface area contributed by atoms with Crippen LogP contribution in [0.1, 0.15) is 0 Å². The van der Waals surface area contributed by atoms with Crippen LogP contribution in [0, 0.1) is 11.8 Å². The Balaban J connectivity index is 0. The van der Waals surface area contributed by atoms with Crippen LogP contribution in [0.4, 0.5) is 0 Å². The molecule has 0 saturated heterocycles. The summed E-state index contributed by atoms with van der Waals surface area (Å²) in [5.74, 6) is 0. The summed E-state index contributed by atoms with van der Waals surface area (Å²) >= 11 is 1.69. The quantitative estimate of drug-likeness (QED) is 0.314. The van der Waals surface area contributed by atoms with Gasteiger partial charge in [-0.1, -0.05) is 0 Å². The van der Waals surface area contributed by atoms with Crippen molar-refractivity contribution in [1.82, 2.24) is 0 Å². The third-order valence-electron chi connectivity index (χ3n) is 0. The second kappa shape index (κ2) is 253. The minimum absolute atomic E-state index is 1.69. The summed E-state index contributed by atoms with van der Waals surface area (Å²) in [6.45, 7) is 4.75. The molecule has 23 valence electrons. The van der Waals surface area contributed by atoms with E-state index in [4.69, 9.17) is 15.7 Å². The van der Waals surface area contributed by atoms with Gasteiger partial charge >= 0.3 is 19.8 Å². The number of nitrogens with zero attached hydrogens (tertiary/aromatic N) is 1. The van der Waals surface area contributed by atoms with Crippen LogP contribution >= 0.6 is 0 Å². The molecule has 0 aromatic heterocycles. The van der Waals surface area contributed by atoms with E-state index >= 15 is 0 Å². The fraction of sp³-hybridized carbons (Fsp3) is 0. The first-order valence-electron chi connectivity index (χ1n) is 0.378. The number of rotatable bonds is 0. The van der Waals surface area contributed by atoms with Gasteiger partial charge in [0.05, 0.1) is 0 Å². The Morgan fingerprint density at radius 2 is 1.50 bits per heavy atom. The first kappa shape index (κ1) is 9.18. The van der Waals surface area contributed by atoms with Gasteiger partial charge in [0.15, 0.2) is 0 Å². The summed E-state index contributed by atoms with van der Waals surface area (Å²) in [5.41, 5.74) is 0. The van der Waals surface area contributed by atoms with Crippen molar-refractivity contribution >= 4 is 0 Å². The van der Waals surface area contributed by atoms with Gasteiger partial charge in [0, 0.05) is 0 Å². The van der Waals surface area contributed by atoms with Crippen LogP contribution in [0.15, 0.2) is 0 Å². The van der Waals surface area contributed by atoms with Gasteiger partial charge in [0.25, 0.3) is 0 Å². The van der Waals surface area contributed by atoms with Gasteiger partial charge in [-0.2, -0.15) is 0 Å². The minimum atomic E-state index is 1.69. The molecule has 0 saturated carbocycles. The van der Waals surface area contributed by atoms with Gasteiger partial charge < -0.3 is 11.8 Å². The Hall–Kier alpha value is -0.191. The van der Waals surface area contributed by atoms with Crippen molar-refractivity contribution in [3.8, 4) is 0 Å². The molecule has 0 fully saturated rings. The van der Waals surface area contributed by atoms with E-state index in [0.29, 0.717) is 0 Å². The van der Waals surface area contributed by atoms with Gasteiger partial charge in [0.1, 0.15) is 0 Å². The van der Waals surface area contributed by atoms with E-state index in [2.05, 4.69) is 0 Å². The third-order valence-corrected chi connectivity index (χ3v) is 0. The summed E-state index contributed by atoms with van der Waals surface area (Å²) in [4.78, 5) is 0. The maximum absolute atomic E-state index is 8.06. The van der Waals surface area contributed by atoms with Crippen molar-refractivity contribution in [2.75, 3.05) is 0 Å². The van der Waals surface area contributed by atoms with Gasteiger partial charge in [-0.3, -0.25) is 0 Å². The van der Waals surface area contributed by atoms with Crippen LogP contribution in [-0.4, -0.2) is 0 Å². The number of hydrogen-bond acceptors (Lipinski definition) is 2. The van der Waals surface area contributed by atoms with Crippen LogP contribution in [-0.2, 0) is 19.8 Å². The molecule has 0 radical (unpaired) electrons. The van der Waals surface area contributed by atoms with E-state index in [9.17, 15) is 0 Å². The molecule has 0 aliphatic heterocycles. The average Bonchev–Trinajstić information content (AvgIpc) is 1.50. The molecule has 0 aromatic rings. The summed E-state index contributed by atoms with van der Waals surface area (Å²) in [6, 6.07) is 0. The second-order valence-corrected chi connectivity index (χ2v) is 0. The van der Waals surface area contributed by atoms with E-state index in [1.807, 2.05) is 0 Å². The topological polar surface area (TPSA) is 40.9 Å².